The molecular weight excluding hydrogens is 410 g/mol. The summed E-state index contributed by atoms with van der Waals surface area (Å²) in [5.41, 5.74) is -1.57. The summed E-state index contributed by atoms with van der Waals surface area (Å²) in [6, 6.07) is 8.61. The van der Waals surface area contributed by atoms with Crippen molar-refractivity contribution in [3.63, 3.8) is 0 Å². The maximum atomic E-state index is 13.9. The summed E-state index contributed by atoms with van der Waals surface area (Å²) < 4.78 is 10.4. The van der Waals surface area contributed by atoms with Crippen LogP contribution in [0.4, 0.5) is 0 Å². The first-order valence-corrected chi connectivity index (χ1v) is 11.3. The second kappa shape index (κ2) is 10.3. The molecule has 3 rings (SSSR count). The molecule has 172 valence electrons. The lowest BCUT2D eigenvalue weighted by atomic mass is 9.69. The van der Waals surface area contributed by atoms with Crippen LogP contribution in [0.1, 0.15) is 57.9 Å². The molecule has 1 aromatic carbocycles. The molecule has 1 heterocycles. The third-order valence-corrected chi connectivity index (χ3v) is 6.43. The molecule has 1 saturated heterocycles. The van der Waals surface area contributed by atoms with Crippen molar-refractivity contribution in [3.8, 4) is 11.8 Å². The van der Waals surface area contributed by atoms with Gasteiger partial charge < -0.3 is 14.6 Å². The molecular formula is C25H31NO6. The van der Waals surface area contributed by atoms with E-state index in [1.54, 1.807) is 30.3 Å². The molecule has 1 atom stereocenters. The van der Waals surface area contributed by atoms with Gasteiger partial charge in [-0.25, -0.2) is 9.59 Å². The molecule has 2 aliphatic rings. The maximum absolute atomic E-state index is 13.9. The Morgan fingerprint density at radius 2 is 1.66 bits per heavy atom. The highest BCUT2D eigenvalue weighted by molar-refractivity contribution is 6.32. The van der Waals surface area contributed by atoms with E-state index in [0.717, 1.165) is 32.4 Å². The standard InChI is InChI=1S/C25H31NO6/c1-3-26(4-2)18-12-11-17-24(31-21(27)22(28)32-24)23(29)25(30,19-13-7-5-8-14-19)20-15-9-6-10-16-20/h5,7-8,13-14,20,30H,3-4,6,9-10,15-18H2,1-2H3. The lowest BCUT2D eigenvalue weighted by Crippen LogP contribution is -2.56. The van der Waals surface area contributed by atoms with Crippen molar-refractivity contribution in [2.45, 2.75) is 63.8 Å². The minimum atomic E-state index is -2.26. The second-order valence-corrected chi connectivity index (χ2v) is 8.32. The SMILES string of the molecule is CCN(CC)CC#CCC1(C(=O)C(O)(c2ccccc2)C2CCCCC2)OC(=O)C(=O)O1. The van der Waals surface area contributed by atoms with E-state index in [-0.39, 0.29) is 12.3 Å². The van der Waals surface area contributed by atoms with Gasteiger partial charge in [-0.3, -0.25) is 9.69 Å². The number of cyclic esters (lactones) is 2. The first kappa shape index (κ1) is 24.0. The van der Waals surface area contributed by atoms with Crippen LogP contribution in [-0.4, -0.2) is 53.1 Å². The fourth-order valence-electron chi connectivity index (χ4n) is 4.50. The van der Waals surface area contributed by atoms with Crippen molar-refractivity contribution in [2.75, 3.05) is 19.6 Å². The Kier molecular flexibility index (Phi) is 7.70. The van der Waals surface area contributed by atoms with Gasteiger partial charge in [0.25, 0.3) is 5.78 Å². The molecule has 0 spiro atoms. The van der Waals surface area contributed by atoms with E-state index in [1.807, 2.05) is 13.8 Å². The van der Waals surface area contributed by atoms with Crippen LogP contribution in [0.25, 0.3) is 0 Å². The van der Waals surface area contributed by atoms with Crippen molar-refractivity contribution in [1.82, 2.24) is 4.90 Å². The average Bonchev–Trinajstić information content (AvgIpc) is 3.13. The minimum absolute atomic E-state index is 0.327. The van der Waals surface area contributed by atoms with E-state index in [4.69, 9.17) is 9.47 Å². The molecule has 1 aliphatic carbocycles. The Morgan fingerprint density at radius 3 is 2.22 bits per heavy atom. The van der Waals surface area contributed by atoms with Crippen LogP contribution in [0.15, 0.2) is 30.3 Å². The van der Waals surface area contributed by atoms with Gasteiger partial charge in [0.2, 0.25) is 0 Å². The number of hydrogen-bond acceptors (Lipinski definition) is 7. The highest BCUT2D eigenvalue weighted by Crippen LogP contribution is 2.44. The summed E-state index contributed by atoms with van der Waals surface area (Å²) in [4.78, 5) is 40.0. The monoisotopic (exact) mass is 441 g/mol. The highest BCUT2D eigenvalue weighted by atomic mass is 16.8. The van der Waals surface area contributed by atoms with Crippen molar-refractivity contribution in [3.05, 3.63) is 35.9 Å². The second-order valence-electron chi connectivity index (χ2n) is 8.32. The van der Waals surface area contributed by atoms with Crippen molar-refractivity contribution >= 4 is 17.7 Å². The Bertz CT molecular complexity index is 876. The predicted octanol–water partition coefficient (Wildman–Crippen LogP) is 2.56. The smallest absolute Gasteiger partial charge is 0.405 e. The van der Waals surface area contributed by atoms with Gasteiger partial charge in [0.1, 0.15) is 0 Å². The number of benzene rings is 1. The molecule has 1 aliphatic heterocycles. The van der Waals surface area contributed by atoms with Gasteiger partial charge in [-0.2, -0.15) is 0 Å². The molecule has 0 amide bonds. The molecule has 0 bridgehead atoms. The van der Waals surface area contributed by atoms with Gasteiger partial charge in [-0.1, -0.05) is 75.3 Å². The van der Waals surface area contributed by atoms with Crippen LogP contribution in [0, 0.1) is 17.8 Å². The third kappa shape index (κ3) is 4.72. The summed E-state index contributed by atoms with van der Waals surface area (Å²) in [5, 5.41) is 11.9. The Balaban J connectivity index is 1.98. The first-order valence-electron chi connectivity index (χ1n) is 11.3. The molecule has 7 heteroatoms. The van der Waals surface area contributed by atoms with E-state index < -0.39 is 29.1 Å². The molecule has 1 N–H and O–H groups in total. The van der Waals surface area contributed by atoms with Gasteiger partial charge in [0.05, 0.1) is 13.0 Å². The maximum Gasteiger partial charge on any atom is 0.421 e. The number of nitrogens with zero attached hydrogens (tertiary/aromatic N) is 1. The fraction of sp³-hybridized carbons (Fsp3) is 0.560. The zero-order chi connectivity index (χ0) is 23.2. The summed E-state index contributed by atoms with van der Waals surface area (Å²) in [7, 11) is 0. The third-order valence-electron chi connectivity index (χ3n) is 6.43. The molecule has 32 heavy (non-hydrogen) atoms. The molecule has 0 radical (unpaired) electrons. The number of hydrogen-bond donors (Lipinski definition) is 1. The summed E-state index contributed by atoms with van der Waals surface area (Å²) >= 11 is 0. The van der Waals surface area contributed by atoms with Gasteiger partial charge in [0.15, 0.2) is 5.60 Å². The lowest BCUT2D eigenvalue weighted by molar-refractivity contribution is -0.206. The van der Waals surface area contributed by atoms with Crippen LogP contribution in [-0.2, 0) is 29.5 Å². The number of carbonyl (C=O) groups excluding carboxylic acids is 3. The van der Waals surface area contributed by atoms with E-state index >= 15 is 0 Å². The average molecular weight is 442 g/mol. The Hall–Kier alpha value is -2.69. The summed E-state index contributed by atoms with van der Waals surface area (Å²) in [5.74, 6) is -0.193. The van der Waals surface area contributed by atoms with E-state index in [0.29, 0.717) is 24.9 Å². The van der Waals surface area contributed by atoms with Crippen LogP contribution in [0.2, 0.25) is 0 Å². The molecule has 1 saturated carbocycles. The van der Waals surface area contributed by atoms with Crippen molar-refractivity contribution < 1.29 is 29.0 Å². The Morgan fingerprint density at radius 1 is 1.06 bits per heavy atom. The van der Waals surface area contributed by atoms with Gasteiger partial charge in [0, 0.05) is 0 Å². The number of ketones is 1. The quantitative estimate of drug-likeness (QED) is 0.376. The number of rotatable bonds is 8. The normalized spacial score (nSPS) is 20.1. The number of aliphatic hydroxyl groups is 1. The minimum Gasteiger partial charge on any atom is -0.405 e. The number of esters is 2. The Labute approximate surface area is 189 Å². The van der Waals surface area contributed by atoms with Crippen LogP contribution in [0.5, 0.6) is 0 Å². The zero-order valence-electron chi connectivity index (χ0n) is 18.8. The first-order chi connectivity index (χ1) is 15.4. The molecule has 7 nitrogen and oxygen atoms in total. The van der Waals surface area contributed by atoms with Crippen LogP contribution >= 0.6 is 0 Å². The summed E-state index contributed by atoms with van der Waals surface area (Å²) in [6.45, 7) is 6.12. The zero-order valence-corrected chi connectivity index (χ0v) is 18.8. The van der Waals surface area contributed by atoms with Crippen molar-refractivity contribution in [2.24, 2.45) is 5.92 Å². The number of carbonyl (C=O) groups is 3. The molecule has 0 aromatic heterocycles. The fourth-order valence-corrected chi connectivity index (χ4v) is 4.50. The van der Waals surface area contributed by atoms with Gasteiger partial charge >= 0.3 is 17.7 Å². The van der Waals surface area contributed by atoms with E-state index in [9.17, 15) is 19.5 Å². The largest absolute Gasteiger partial charge is 0.421 e. The van der Waals surface area contributed by atoms with Crippen molar-refractivity contribution in [1.29, 1.82) is 0 Å². The summed E-state index contributed by atoms with van der Waals surface area (Å²) in [6.07, 6.45) is 3.74. The highest BCUT2D eigenvalue weighted by Gasteiger charge is 2.62. The van der Waals surface area contributed by atoms with Gasteiger partial charge in [-0.05, 0) is 37.4 Å². The predicted molar refractivity (Wildman–Crippen MR) is 117 cm³/mol. The van der Waals surface area contributed by atoms with E-state index in [1.165, 1.54) is 0 Å². The lowest BCUT2D eigenvalue weighted by Gasteiger charge is -2.40. The molecule has 1 unspecified atom stereocenters. The molecule has 1 aromatic rings. The van der Waals surface area contributed by atoms with Gasteiger partial charge in [-0.15, -0.1) is 0 Å². The van der Waals surface area contributed by atoms with E-state index in [2.05, 4.69) is 16.7 Å². The van der Waals surface area contributed by atoms with Crippen LogP contribution in [0.3, 0.4) is 0 Å². The number of ether oxygens (including phenoxy) is 2. The number of Topliss-reactive ketones (excluding diaryl/α,β-unsaturated/α-hetero) is 1. The molecule has 2 fully saturated rings. The van der Waals surface area contributed by atoms with Crippen LogP contribution < -0.4 is 0 Å². The topological polar surface area (TPSA) is 93.1 Å².